The highest BCUT2D eigenvalue weighted by Crippen LogP contribution is 2.23. The molecule has 0 spiro atoms. The van der Waals surface area contributed by atoms with E-state index in [1.165, 1.54) is 12.4 Å². The van der Waals surface area contributed by atoms with E-state index in [1.54, 1.807) is 48.5 Å². The maximum Gasteiger partial charge on any atom is 0.254 e. The fourth-order valence-electron chi connectivity index (χ4n) is 2.97. The zero-order valence-electron chi connectivity index (χ0n) is 17.6. The van der Waals surface area contributed by atoms with Crippen molar-refractivity contribution < 1.29 is 29.3 Å². The van der Waals surface area contributed by atoms with Gasteiger partial charge in [-0.25, -0.2) is 0 Å². The van der Waals surface area contributed by atoms with Crippen LogP contribution in [0.4, 0.5) is 5.69 Å². The number of anilines is 1. The van der Waals surface area contributed by atoms with Gasteiger partial charge in [-0.2, -0.15) is 0 Å². The summed E-state index contributed by atoms with van der Waals surface area (Å²) in [4.78, 5) is 41.1. The van der Waals surface area contributed by atoms with E-state index in [9.17, 15) is 19.5 Å². The van der Waals surface area contributed by atoms with Crippen LogP contribution in [0, 0.1) is 0 Å². The maximum absolute atomic E-state index is 12.7. The monoisotopic (exact) mass is 449 g/mol. The molecule has 2 amide bonds. The van der Waals surface area contributed by atoms with Gasteiger partial charge in [-0.1, -0.05) is 24.3 Å². The lowest BCUT2D eigenvalue weighted by Gasteiger charge is -2.16. The van der Waals surface area contributed by atoms with E-state index in [0.29, 0.717) is 11.4 Å². The molecule has 1 unspecified atom stereocenters. The first-order chi connectivity index (χ1) is 16.0. The Balaban J connectivity index is 1.68. The van der Waals surface area contributed by atoms with Crippen LogP contribution in [-0.4, -0.2) is 58.7 Å². The number of aliphatic hydroxyl groups excluding tert-OH is 2. The quantitative estimate of drug-likeness (QED) is 0.344. The molecule has 0 saturated heterocycles. The summed E-state index contributed by atoms with van der Waals surface area (Å²) in [5.41, 5.74) is 2.33. The summed E-state index contributed by atoms with van der Waals surface area (Å²) < 4.78 is 5.33. The summed E-state index contributed by atoms with van der Waals surface area (Å²) in [5.74, 6) is -1.63. The number of carbonyl (C=O) groups is 3. The minimum atomic E-state index is -1.56. The van der Waals surface area contributed by atoms with E-state index in [4.69, 9.17) is 9.84 Å². The number of aliphatic hydroxyl groups is 2. The van der Waals surface area contributed by atoms with Crippen molar-refractivity contribution in [3.8, 4) is 16.9 Å². The average Bonchev–Trinajstić information content (AvgIpc) is 2.86. The first kappa shape index (κ1) is 23.6. The fraction of sp³-hybridized carbons (Fsp3) is 0.167. The predicted octanol–water partition coefficient (Wildman–Crippen LogP) is 1.42. The first-order valence-corrected chi connectivity index (χ1v) is 10.1. The van der Waals surface area contributed by atoms with E-state index in [2.05, 4.69) is 15.6 Å². The third kappa shape index (κ3) is 6.45. The van der Waals surface area contributed by atoms with Gasteiger partial charge < -0.3 is 25.6 Å². The number of aromatic nitrogens is 1. The number of pyridine rings is 1. The Morgan fingerprint density at radius 3 is 2.18 bits per heavy atom. The Bertz CT molecular complexity index is 1090. The van der Waals surface area contributed by atoms with Crippen LogP contribution >= 0.6 is 0 Å². The highest BCUT2D eigenvalue weighted by Gasteiger charge is 2.28. The van der Waals surface area contributed by atoms with Gasteiger partial charge in [-0.05, 0) is 47.5 Å². The molecule has 0 bridgehead atoms. The second-order valence-corrected chi connectivity index (χ2v) is 6.94. The number of hydrogen-bond acceptors (Lipinski definition) is 7. The van der Waals surface area contributed by atoms with Crippen LogP contribution in [0.2, 0.25) is 0 Å². The molecule has 1 aromatic heterocycles. The number of carbonyl (C=O) groups excluding carboxylic acids is 3. The minimum Gasteiger partial charge on any atom is -0.491 e. The van der Waals surface area contributed by atoms with Gasteiger partial charge in [0, 0.05) is 11.8 Å². The van der Waals surface area contributed by atoms with Crippen molar-refractivity contribution >= 4 is 23.3 Å². The number of Topliss-reactive ketones (excluding diaryl/α,β-unsaturated/α-hetero) is 1. The molecule has 0 aliphatic rings. The molecule has 9 nitrogen and oxygen atoms in total. The van der Waals surface area contributed by atoms with Crippen LogP contribution < -0.4 is 15.4 Å². The van der Waals surface area contributed by atoms with Crippen LogP contribution in [0.5, 0.6) is 5.75 Å². The Morgan fingerprint density at radius 2 is 1.61 bits per heavy atom. The summed E-state index contributed by atoms with van der Waals surface area (Å²) in [5, 5.41) is 22.9. The lowest BCUT2D eigenvalue weighted by molar-refractivity contribution is -0.130. The Labute approximate surface area is 190 Å². The number of hydrogen-bond donors (Lipinski definition) is 4. The lowest BCUT2D eigenvalue weighted by Crippen LogP contribution is -2.50. The standard InChI is InChI=1S/C24H23N3O6/c28-12-13-33-20-9-7-17(8-10-20)16-3-5-18(6-4-16)23(31)27-22(21(30)15-29)24(32)26-19-2-1-11-25-14-19/h1-11,14,22,28-29H,12-13,15H2,(H,26,32)(H,27,31). The number of ketones is 1. The molecule has 0 fully saturated rings. The predicted molar refractivity (Wildman–Crippen MR) is 121 cm³/mol. The highest BCUT2D eigenvalue weighted by molar-refractivity contribution is 6.14. The van der Waals surface area contributed by atoms with Crippen LogP contribution in [0.25, 0.3) is 11.1 Å². The van der Waals surface area contributed by atoms with Crippen LogP contribution in [0.3, 0.4) is 0 Å². The van der Waals surface area contributed by atoms with E-state index < -0.39 is 30.2 Å². The van der Waals surface area contributed by atoms with Crippen molar-refractivity contribution in [3.05, 3.63) is 78.6 Å². The molecule has 33 heavy (non-hydrogen) atoms. The molecule has 9 heteroatoms. The SMILES string of the molecule is O=C(NC(C(=O)CO)C(=O)Nc1cccnc1)c1ccc(-c2ccc(OCCO)cc2)cc1. The minimum absolute atomic E-state index is 0.0683. The molecule has 4 N–H and O–H groups in total. The second kappa shape index (κ2) is 11.5. The van der Waals surface area contributed by atoms with Crippen molar-refractivity contribution in [3.63, 3.8) is 0 Å². The summed E-state index contributed by atoms with van der Waals surface area (Å²) in [7, 11) is 0. The summed E-state index contributed by atoms with van der Waals surface area (Å²) in [6, 6.07) is 15.5. The van der Waals surface area contributed by atoms with Gasteiger partial charge in [0.05, 0.1) is 18.5 Å². The van der Waals surface area contributed by atoms with Crippen molar-refractivity contribution in [2.45, 2.75) is 6.04 Å². The van der Waals surface area contributed by atoms with Crippen molar-refractivity contribution in [2.24, 2.45) is 0 Å². The van der Waals surface area contributed by atoms with E-state index in [-0.39, 0.29) is 18.8 Å². The van der Waals surface area contributed by atoms with E-state index in [0.717, 1.165) is 11.1 Å². The van der Waals surface area contributed by atoms with Crippen LogP contribution in [0.1, 0.15) is 10.4 Å². The molecule has 1 heterocycles. The van der Waals surface area contributed by atoms with E-state index >= 15 is 0 Å². The maximum atomic E-state index is 12.7. The molecule has 0 aliphatic heterocycles. The van der Waals surface area contributed by atoms with Gasteiger partial charge in [-0.3, -0.25) is 19.4 Å². The number of amides is 2. The molecule has 3 rings (SSSR count). The molecule has 0 radical (unpaired) electrons. The summed E-state index contributed by atoms with van der Waals surface area (Å²) >= 11 is 0. The third-order valence-electron chi connectivity index (χ3n) is 4.64. The van der Waals surface area contributed by atoms with Gasteiger partial charge in [0.15, 0.2) is 11.8 Å². The van der Waals surface area contributed by atoms with Crippen molar-refractivity contribution in [2.75, 3.05) is 25.1 Å². The molecular formula is C24H23N3O6. The van der Waals surface area contributed by atoms with Crippen molar-refractivity contribution in [1.82, 2.24) is 10.3 Å². The van der Waals surface area contributed by atoms with Crippen LogP contribution in [0.15, 0.2) is 73.1 Å². The zero-order chi connectivity index (χ0) is 23.6. The molecule has 170 valence electrons. The molecule has 1 atom stereocenters. The fourth-order valence-corrected chi connectivity index (χ4v) is 2.97. The average molecular weight is 449 g/mol. The normalized spacial score (nSPS) is 11.3. The number of nitrogens with zero attached hydrogens (tertiary/aromatic N) is 1. The largest absolute Gasteiger partial charge is 0.491 e. The zero-order valence-corrected chi connectivity index (χ0v) is 17.6. The highest BCUT2D eigenvalue weighted by atomic mass is 16.5. The summed E-state index contributed by atoms with van der Waals surface area (Å²) in [6.45, 7) is -0.757. The number of nitrogens with one attached hydrogen (secondary N) is 2. The Kier molecular flexibility index (Phi) is 8.23. The van der Waals surface area contributed by atoms with Gasteiger partial charge in [-0.15, -0.1) is 0 Å². The number of ether oxygens (including phenoxy) is 1. The molecular weight excluding hydrogens is 426 g/mol. The topological polar surface area (TPSA) is 138 Å². The smallest absolute Gasteiger partial charge is 0.254 e. The van der Waals surface area contributed by atoms with Crippen molar-refractivity contribution in [1.29, 1.82) is 0 Å². The second-order valence-electron chi connectivity index (χ2n) is 6.94. The molecule has 0 aliphatic carbocycles. The van der Waals surface area contributed by atoms with E-state index in [1.807, 2.05) is 12.1 Å². The Morgan fingerprint density at radius 1 is 0.939 bits per heavy atom. The molecule has 3 aromatic rings. The molecule has 2 aromatic carbocycles. The van der Waals surface area contributed by atoms with Crippen LogP contribution in [-0.2, 0) is 9.59 Å². The molecule has 0 saturated carbocycles. The summed E-state index contributed by atoms with van der Waals surface area (Å²) in [6.07, 6.45) is 2.92. The number of benzene rings is 2. The Hall–Kier alpha value is -4.08. The third-order valence-corrected chi connectivity index (χ3v) is 4.64. The lowest BCUT2D eigenvalue weighted by atomic mass is 10.0. The van der Waals surface area contributed by atoms with Gasteiger partial charge in [0.1, 0.15) is 19.0 Å². The van der Waals surface area contributed by atoms with Gasteiger partial charge in [0.2, 0.25) is 0 Å². The van der Waals surface area contributed by atoms with Gasteiger partial charge >= 0.3 is 0 Å². The first-order valence-electron chi connectivity index (χ1n) is 10.1. The van der Waals surface area contributed by atoms with Gasteiger partial charge in [0.25, 0.3) is 11.8 Å². The number of rotatable bonds is 10.